The molecule has 0 radical (unpaired) electrons. The SMILES string of the molecule is COCCNC(=O)C(C)Oc1cccc(C(=O)O)c1C. The van der Waals surface area contributed by atoms with E-state index >= 15 is 0 Å². The third-order valence-electron chi connectivity index (χ3n) is 2.79. The van der Waals surface area contributed by atoms with Crippen LogP contribution < -0.4 is 10.1 Å². The Bertz CT molecular complexity index is 486. The van der Waals surface area contributed by atoms with Crippen molar-refractivity contribution in [3.8, 4) is 5.75 Å². The number of carboxylic acid groups (broad SMARTS) is 1. The molecular formula is C14H19NO5. The van der Waals surface area contributed by atoms with Gasteiger partial charge in [0.15, 0.2) is 6.10 Å². The third kappa shape index (κ3) is 4.24. The molecule has 20 heavy (non-hydrogen) atoms. The number of amides is 1. The molecule has 1 aromatic rings. The van der Waals surface area contributed by atoms with Crippen LogP contribution in [0.1, 0.15) is 22.8 Å². The van der Waals surface area contributed by atoms with Crippen LogP contribution in [0, 0.1) is 6.92 Å². The largest absolute Gasteiger partial charge is 0.481 e. The molecule has 0 spiro atoms. The van der Waals surface area contributed by atoms with Gasteiger partial charge in [-0.05, 0) is 26.0 Å². The van der Waals surface area contributed by atoms with Crippen molar-refractivity contribution < 1.29 is 24.2 Å². The van der Waals surface area contributed by atoms with E-state index in [4.69, 9.17) is 14.6 Å². The minimum absolute atomic E-state index is 0.162. The first-order valence-corrected chi connectivity index (χ1v) is 6.23. The summed E-state index contributed by atoms with van der Waals surface area (Å²) in [6, 6.07) is 4.72. The van der Waals surface area contributed by atoms with Crippen molar-refractivity contribution in [2.24, 2.45) is 0 Å². The number of carbonyl (C=O) groups excluding carboxylic acids is 1. The molecule has 110 valence electrons. The Hall–Kier alpha value is -2.08. The van der Waals surface area contributed by atoms with Gasteiger partial charge in [0.05, 0.1) is 12.2 Å². The van der Waals surface area contributed by atoms with Crippen LogP contribution in [0.2, 0.25) is 0 Å². The number of benzene rings is 1. The minimum Gasteiger partial charge on any atom is -0.481 e. The van der Waals surface area contributed by atoms with Crippen molar-refractivity contribution in [2.45, 2.75) is 20.0 Å². The van der Waals surface area contributed by atoms with E-state index in [-0.39, 0.29) is 11.5 Å². The lowest BCUT2D eigenvalue weighted by Gasteiger charge is -2.17. The predicted octanol–water partition coefficient (Wildman–Crippen LogP) is 1.22. The van der Waals surface area contributed by atoms with Gasteiger partial charge in [-0.25, -0.2) is 4.79 Å². The maximum Gasteiger partial charge on any atom is 0.336 e. The van der Waals surface area contributed by atoms with Gasteiger partial charge >= 0.3 is 5.97 Å². The van der Waals surface area contributed by atoms with Gasteiger partial charge in [-0.3, -0.25) is 4.79 Å². The number of nitrogens with one attached hydrogen (secondary N) is 1. The number of hydrogen-bond acceptors (Lipinski definition) is 4. The zero-order valence-electron chi connectivity index (χ0n) is 11.8. The van der Waals surface area contributed by atoms with Gasteiger partial charge in [-0.1, -0.05) is 6.07 Å². The van der Waals surface area contributed by atoms with E-state index in [1.54, 1.807) is 33.1 Å². The quantitative estimate of drug-likeness (QED) is 0.734. The molecule has 1 unspecified atom stereocenters. The summed E-state index contributed by atoms with van der Waals surface area (Å²) in [6.07, 6.45) is -0.713. The summed E-state index contributed by atoms with van der Waals surface area (Å²) >= 11 is 0. The molecule has 0 aliphatic rings. The summed E-state index contributed by atoms with van der Waals surface area (Å²) < 4.78 is 10.3. The highest BCUT2D eigenvalue weighted by molar-refractivity contribution is 5.90. The first kappa shape index (κ1) is 16.0. The molecule has 6 heteroatoms. The van der Waals surface area contributed by atoms with E-state index in [1.165, 1.54) is 6.07 Å². The van der Waals surface area contributed by atoms with Gasteiger partial charge in [0.25, 0.3) is 5.91 Å². The van der Waals surface area contributed by atoms with Crippen LogP contribution in [-0.2, 0) is 9.53 Å². The van der Waals surface area contributed by atoms with Crippen LogP contribution in [-0.4, -0.2) is 43.3 Å². The fourth-order valence-electron chi connectivity index (χ4n) is 1.64. The van der Waals surface area contributed by atoms with Crippen molar-refractivity contribution >= 4 is 11.9 Å². The minimum atomic E-state index is -1.02. The number of rotatable bonds is 7. The average Bonchev–Trinajstić information content (AvgIpc) is 2.40. The number of hydrogen-bond donors (Lipinski definition) is 2. The normalized spacial score (nSPS) is 11.8. The van der Waals surface area contributed by atoms with Crippen LogP contribution in [0.25, 0.3) is 0 Å². The molecule has 0 aliphatic carbocycles. The second-order valence-corrected chi connectivity index (χ2v) is 4.28. The highest BCUT2D eigenvalue weighted by Gasteiger charge is 2.17. The average molecular weight is 281 g/mol. The Morgan fingerprint density at radius 2 is 2.10 bits per heavy atom. The van der Waals surface area contributed by atoms with Gasteiger partial charge in [0.1, 0.15) is 5.75 Å². The smallest absolute Gasteiger partial charge is 0.336 e. The fraction of sp³-hybridized carbons (Fsp3) is 0.429. The molecule has 1 amide bonds. The van der Waals surface area contributed by atoms with Crippen molar-refractivity contribution in [3.63, 3.8) is 0 Å². The van der Waals surface area contributed by atoms with Crippen molar-refractivity contribution in [3.05, 3.63) is 29.3 Å². The lowest BCUT2D eigenvalue weighted by atomic mass is 10.1. The first-order valence-electron chi connectivity index (χ1n) is 6.23. The second-order valence-electron chi connectivity index (χ2n) is 4.28. The summed E-state index contributed by atoms with van der Waals surface area (Å²) in [5, 5.41) is 11.7. The summed E-state index contributed by atoms with van der Waals surface area (Å²) in [4.78, 5) is 22.8. The first-order chi connectivity index (χ1) is 9.47. The van der Waals surface area contributed by atoms with Crippen LogP contribution in [0.3, 0.4) is 0 Å². The van der Waals surface area contributed by atoms with E-state index in [1.807, 2.05) is 0 Å². The second kappa shape index (κ2) is 7.49. The van der Waals surface area contributed by atoms with E-state index in [9.17, 15) is 9.59 Å². The van der Waals surface area contributed by atoms with Crippen LogP contribution in [0.4, 0.5) is 0 Å². The molecule has 0 fully saturated rings. The molecule has 2 N–H and O–H groups in total. The third-order valence-corrected chi connectivity index (χ3v) is 2.79. The van der Waals surface area contributed by atoms with E-state index in [2.05, 4.69) is 5.32 Å². The summed E-state index contributed by atoms with van der Waals surface area (Å²) in [7, 11) is 1.55. The zero-order valence-corrected chi connectivity index (χ0v) is 11.8. The zero-order chi connectivity index (χ0) is 15.1. The van der Waals surface area contributed by atoms with Crippen LogP contribution in [0.5, 0.6) is 5.75 Å². The summed E-state index contributed by atoms with van der Waals surface area (Å²) in [6.45, 7) is 4.08. The molecule has 6 nitrogen and oxygen atoms in total. The van der Waals surface area contributed by atoms with Crippen molar-refractivity contribution in [2.75, 3.05) is 20.3 Å². The number of carboxylic acids is 1. The molecule has 0 aromatic heterocycles. The van der Waals surface area contributed by atoms with Gasteiger partial charge < -0.3 is 19.9 Å². The van der Waals surface area contributed by atoms with Gasteiger partial charge in [-0.15, -0.1) is 0 Å². The molecule has 0 saturated carbocycles. The molecule has 0 aliphatic heterocycles. The number of methoxy groups -OCH3 is 1. The fourth-order valence-corrected chi connectivity index (χ4v) is 1.64. The van der Waals surface area contributed by atoms with E-state index in [0.29, 0.717) is 24.5 Å². The molecule has 1 rings (SSSR count). The Labute approximate surface area is 117 Å². The lowest BCUT2D eigenvalue weighted by Crippen LogP contribution is -2.38. The maximum absolute atomic E-state index is 11.7. The summed E-state index contributed by atoms with van der Waals surface area (Å²) in [5.41, 5.74) is 0.658. The van der Waals surface area contributed by atoms with Crippen molar-refractivity contribution in [1.29, 1.82) is 0 Å². The monoisotopic (exact) mass is 281 g/mol. The van der Waals surface area contributed by atoms with Crippen molar-refractivity contribution in [1.82, 2.24) is 5.32 Å². The highest BCUT2D eigenvalue weighted by atomic mass is 16.5. The number of carbonyl (C=O) groups is 2. The maximum atomic E-state index is 11.7. The van der Waals surface area contributed by atoms with Crippen LogP contribution in [0.15, 0.2) is 18.2 Å². The Morgan fingerprint density at radius 3 is 2.70 bits per heavy atom. The van der Waals surface area contributed by atoms with Crippen LogP contribution >= 0.6 is 0 Å². The number of ether oxygens (including phenoxy) is 2. The topological polar surface area (TPSA) is 84.9 Å². The predicted molar refractivity (Wildman–Crippen MR) is 73.1 cm³/mol. The van der Waals surface area contributed by atoms with Gasteiger partial charge in [0.2, 0.25) is 0 Å². The molecular weight excluding hydrogens is 262 g/mol. The Kier molecular flexibility index (Phi) is 5.99. The van der Waals surface area contributed by atoms with E-state index in [0.717, 1.165) is 0 Å². The molecule has 1 aromatic carbocycles. The van der Waals surface area contributed by atoms with Gasteiger partial charge in [-0.2, -0.15) is 0 Å². The van der Waals surface area contributed by atoms with E-state index < -0.39 is 12.1 Å². The molecule has 1 atom stereocenters. The molecule has 0 bridgehead atoms. The van der Waals surface area contributed by atoms with Gasteiger partial charge in [0, 0.05) is 19.2 Å². The molecule has 0 heterocycles. The highest BCUT2D eigenvalue weighted by Crippen LogP contribution is 2.22. The number of aromatic carboxylic acids is 1. The molecule has 0 saturated heterocycles. The lowest BCUT2D eigenvalue weighted by molar-refractivity contribution is -0.127. The Morgan fingerprint density at radius 1 is 1.40 bits per heavy atom. The summed E-state index contributed by atoms with van der Waals surface area (Å²) in [5.74, 6) is -0.911. The standard InChI is InChI=1S/C14H19NO5/c1-9-11(14(17)18)5-4-6-12(9)20-10(2)13(16)15-7-8-19-3/h4-6,10H,7-8H2,1-3H3,(H,15,16)(H,17,18). The Balaban J connectivity index is 2.71.